The summed E-state index contributed by atoms with van der Waals surface area (Å²) < 4.78 is 7.74. The van der Waals surface area contributed by atoms with Crippen LogP contribution >= 0.6 is 11.3 Å². The predicted molar refractivity (Wildman–Crippen MR) is 302 cm³/mol. The van der Waals surface area contributed by atoms with Crippen molar-refractivity contribution in [3.8, 4) is 44.8 Å². The third-order valence-corrected chi connectivity index (χ3v) is 15.8. The van der Waals surface area contributed by atoms with E-state index in [1.807, 2.05) is 11.3 Å². The minimum Gasteiger partial charge on any atom is -0.310 e. The number of nitrogens with zero attached hydrogens (tertiary/aromatic N) is 2. The van der Waals surface area contributed by atoms with E-state index in [9.17, 15) is 0 Å². The molecule has 64 heavy (non-hydrogen) atoms. The highest BCUT2D eigenvalue weighted by molar-refractivity contribution is 7.25. The van der Waals surface area contributed by atoms with E-state index in [0.717, 1.165) is 0 Å². The summed E-state index contributed by atoms with van der Waals surface area (Å²) in [7, 11) is 16.3. The van der Waals surface area contributed by atoms with Crippen LogP contribution in [0.5, 0.6) is 0 Å². The quantitative estimate of drug-likeness (QED) is 0.237. The Kier molecular flexibility index (Phi) is 8.91. The molecule has 294 valence electrons. The van der Waals surface area contributed by atoms with Gasteiger partial charge in [0.15, 0.2) is 0 Å². The Labute approximate surface area is 383 Å². The molecular formula is C54H41B7N2S. The van der Waals surface area contributed by atoms with E-state index in [2.05, 4.69) is 228 Å². The minimum absolute atomic E-state index is 1.18. The molecule has 0 amide bonds. The molecule has 0 saturated heterocycles. The molecule has 0 radical (unpaired) electrons. The van der Waals surface area contributed by atoms with Crippen LogP contribution < -0.4 is 38.2 Å². The van der Waals surface area contributed by atoms with Crippen molar-refractivity contribution in [1.82, 2.24) is 9.13 Å². The largest absolute Gasteiger partial charge is 0.310 e. The third-order valence-electron chi connectivity index (χ3n) is 14.6. The molecule has 3 heterocycles. The summed E-state index contributed by atoms with van der Waals surface area (Å²) in [6.45, 7) is 0. The summed E-state index contributed by atoms with van der Waals surface area (Å²) in [6, 6.07) is 60.7. The molecule has 9 aromatic carbocycles. The van der Waals surface area contributed by atoms with Gasteiger partial charge in [-0.1, -0.05) is 148 Å². The lowest BCUT2D eigenvalue weighted by Crippen LogP contribution is -2.48. The monoisotopic (exact) mass is 826 g/mol. The van der Waals surface area contributed by atoms with Gasteiger partial charge in [-0.15, -0.1) is 16.8 Å². The van der Waals surface area contributed by atoms with Crippen molar-refractivity contribution in [2.75, 3.05) is 0 Å². The molecule has 0 unspecified atom stereocenters. The molecule has 0 aliphatic carbocycles. The van der Waals surface area contributed by atoms with E-state index in [-0.39, 0.29) is 0 Å². The van der Waals surface area contributed by atoms with Crippen LogP contribution in [0.4, 0.5) is 0 Å². The Bertz CT molecular complexity index is 3930. The zero-order chi connectivity index (χ0) is 43.5. The Hall–Kier alpha value is -6.75. The summed E-state index contributed by atoms with van der Waals surface area (Å²) in [5, 5.41) is 7.85. The van der Waals surface area contributed by atoms with E-state index >= 15 is 0 Å². The molecule has 0 fully saturated rings. The van der Waals surface area contributed by atoms with Gasteiger partial charge in [0, 0.05) is 64.3 Å². The molecule has 12 rings (SSSR count). The summed E-state index contributed by atoms with van der Waals surface area (Å²) >= 11 is 1.87. The molecule has 0 N–H and O–H groups in total. The first-order valence-electron chi connectivity index (χ1n) is 22.4. The molecule has 0 bridgehead atoms. The number of thiophene rings is 1. The van der Waals surface area contributed by atoms with E-state index in [0.29, 0.717) is 0 Å². The number of benzene rings is 9. The van der Waals surface area contributed by atoms with Gasteiger partial charge in [0.1, 0.15) is 54.9 Å². The van der Waals surface area contributed by atoms with Crippen LogP contribution in [0.2, 0.25) is 0 Å². The molecule has 2 nitrogen and oxygen atoms in total. The Morgan fingerprint density at radius 2 is 0.938 bits per heavy atom. The van der Waals surface area contributed by atoms with Crippen LogP contribution in [0.15, 0.2) is 164 Å². The van der Waals surface area contributed by atoms with E-state index in [1.165, 1.54) is 147 Å². The lowest BCUT2D eigenvalue weighted by atomic mass is 9.64. The fourth-order valence-corrected chi connectivity index (χ4v) is 12.1. The van der Waals surface area contributed by atoms with Crippen LogP contribution in [-0.4, -0.2) is 64.1 Å². The SMILES string of the molecule is Bc1c(B)c(B)c2c(c1B)c1c(B)c(-c3ccc4c(c3)c3cccc(-c5ccccc5)c3n4-c3ccc4sc5ccccc5c4c3)c(B)c(B)c1n2-c1cccc(-c2ccccc2)c1. The summed E-state index contributed by atoms with van der Waals surface area (Å²) in [5.74, 6) is 0. The van der Waals surface area contributed by atoms with Crippen molar-refractivity contribution in [3.05, 3.63) is 164 Å². The van der Waals surface area contributed by atoms with Crippen molar-refractivity contribution in [3.63, 3.8) is 0 Å². The second kappa shape index (κ2) is 14.7. The topological polar surface area (TPSA) is 9.86 Å². The Morgan fingerprint density at radius 3 is 1.72 bits per heavy atom. The number of fused-ring (bicyclic) bond motifs is 9. The van der Waals surface area contributed by atoms with Gasteiger partial charge in [-0.3, -0.25) is 0 Å². The number of para-hydroxylation sites is 1. The molecule has 0 saturated carbocycles. The molecule has 0 atom stereocenters. The van der Waals surface area contributed by atoms with Gasteiger partial charge in [-0.05, 0) is 81.7 Å². The smallest absolute Gasteiger partial charge is 0.141 e. The van der Waals surface area contributed by atoms with Crippen LogP contribution in [0.1, 0.15) is 0 Å². The normalized spacial score (nSPS) is 11.9. The van der Waals surface area contributed by atoms with Gasteiger partial charge in [-0.2, -0.15) is 0 Å². The summed E-state index contributed by atoms with van der Waals surface area (Å²) in [5.41, 5.74) is 24.3. The van der Waals surface area contributed by atoms with E-state index in [1.54, 1.807) is 0 Å². The maximum atomic E-state index is 2.58. The molecule has 3 aromatic heterocycles. The molecule has 0 aliphatic heterocycles. The van der Waals surface area contributed by atoms with Crippen molar-refractivity contribution < 1.29 is 0 Å². The van der Waals surface area contributed by atoms with Gasteiger partial charge < -0.3 is 9.13 Å². The van der Waals surface area contributed by atoms with Crippen molar-refractivity contribution in [2.45, 2.75) is 0 Å². The third kappa shape index (κ3) is 5.61. The molecule has 0 aliphatic rings. The maximum Gasteiger partial charge on any atom is 0.141 e. The van der Waals surface area contributed by atoms with Gasteiger partial charge in [0.25, 0.3) is 0 Å². The van der Waals surface area contributed by atoms with Gasteiger partial charge in [0.2, 0.25) is 0 Å². The van der Waals surface area contributed by atoms with Gasteiger partial charge >= 0.3 is 0 Å². The first kappa shape index (κ1) is 38.9. The molecule has 10 heteroatoms. The summed E-state index contributed by atoms with van der Waals surface area (Å²) in [6.07, 6.45) is 0. The average Bonchev–Trinajstić information content (AvgIpc) is 4.01. The number of hydrogen-bond donors (Lipinski definition) is 0. The highest BCUT2D eigenvalue weighted by atomic mass is 32.1. The van der Waals surface area contributed by atoms with Crippen LogP contribution in [0, 0.1) is 0 Å². The maximum absolute atomic E-state index is 2.58. The fraction of sp³-hybridized carbons (Fsp3) is 0. The second-order valence-corrected chi connectivity index (χ2v) is 18.9. The van der Waals surface area contributed by atoms with Crippen LogP contribution in [0.25, 0.3) is 109 Å². The number of rotatable bonds is 5. The molecular weight excluding hydrogens is 784 g/mol. The predicted octanol–water partition coefficient (Wildman–Crippen LogP) is 3.06. The van der Waals surface area contributed by atoms with Gasteiger partial charge in [-0.25, -0.2) is 0 Å². The Morgan fingerprint density at radius 1 is 0.328 bits per heavy atom. The fourth-order valence-electron chi connectivity index (χ4n) is 11.1. The molecule has 0 spiro atoms. The number of hydrogen-bond acceptors (Lipinski definition) is 1. The van der Waals surface area contributed by atoms with E-state index in [4.69, 9.17) is 0 Å². The zero-order valence-electron chi connectivity index (χ0n) is 37.4. The first-order valence-corrected chi connectivity index (χ1v) is 23.3. The van der Waals surface area contributed by atoms with E-state index < -0.39 is 0 Å². The average molecular weight is 826 g/mol. The standard InChI is InChI=1S/C54H41B7N2S/c55-45-42(46(56)50(60)53-43(45)44-47(57)48(58)49(59)51(61)54(44)63(53)32-16-9-15-30(25-32)28-11-3-1-4-12-28)31-21-23-39-37(26-31)36-19-10-18-34(29-13-5-2-6-14-29)52(36)62(39)33-22-24-41-38(27-33)35-17-7-8-20-40(35)64-41/h1-27H,55-61H2. The van der Waals surface area contributed by atoms with Gasteiger partial charge in [0.05, 0.1) is 11.0 Å². The highest BCUT2D eigenvalue weighted by Crippen LogP contribution is 2.42. The number of aromatic nitrogens is 2. The lowest BCUT2D eigenvalue weighted by molar-refractivity contribution is 1.19. The molecule has 12 aromatic rings. The highest BCUT2D eigenvalue weighted by Gasteiger charge is 2.26. The zero-order valence-corrected chi connectivity index (χ0v) is 38.2. The first-order chi connectivity index (χ1) is 31.2. The van der Waals surface area contributed by atoms with Crippen molar-refractivity contribution >= 4 is 168 Å². The Balaban J connectivity index is 1.15. The van der Waals surface area contributed by atoms with Crippen molar-refractivity contribution in [2.24, 2.45) is 0 Å². The van der Waals surface area contributed by atoms with Crippen LogP contribution in [-0.2, 0) is 0 Å². The minimum atomic E-state index is 1.18. The summed E-state index contributed by atoms with van der Waals surface area (Å²) in [4.78, 5) is 0. The van der Waals surface area contributed by atoms with Crippen molar-refractivity contribution in [1.29, 1.82) is 0 Å². The second-order valence-electron chi connectivity index (χ2n) is 17.9. The lowest BCUT2D eigenvalue weighted by Gasteiger charge is -2.19. The van der Waals surface area contributed by atoms with Crippen LogP contribution in [0.3, 0.4) is 0 Å².